The number of aliphatic hydroxyl groups is 5. The standard InChI is InChI=1S/C8H19NO5/c1-2-9-3-5(11)7(13)8(14)6(12)4-10/h5-14H,2-4H2,1H3/p+1/t5-,6+,7+,8+/m0/s1. The highest BCUT2D eigenvalue weighted by molar-refractivity contribution is 4.79. The van der Waals surface area contributed by atoms with Crippen LogP contribution in [0.5, 0.6) is 0 Å². The predicted molar refractivity (Wildman–Crippen MR) is 48.4 cm³/mol. The Kier molecular flexibility index (Phi) is 6.98. The van der Waals surface area contributed by atoms with E-state index in [4.69, 9.17) is 10.2 Å². The van der Waals surface area contributed by atoms with Gasteiger partial charge < -0.3 is 30.8 Å². The monoisotopic (exact) mass is 210 g/mol. The summed E-state index contributed by atoms with van der Waals surface area (Å²) in [5.74, 6) is 0. The second kappa shape index (κ2) is 7.10. The van der Waals surface area contributed by atoms with Crippen molar-refractivity contribution >= 4 is 0 Å². The van der Waals surface area contributed by atoms with Crippen LogP contribution in [0.25, 0.3) is 0 Å². The van der Waals surface area contributed by atoms with Crippen molar-refractivity contribution in [2.75, 3.05) is 19.7 Å². The van der Waals surface area contributed by atoms with Gasteiger partial charge in [-0.3, -0.25) is 0 Å². The van der Waals surface area contributed by atoms with Crippen LogP contribution in [0.3, 0.4) is 0 Å². The average molecular weight is 210 g/mol. The van der Waals surface area contributed by atoms with Gasteiger partial charge in [0.1, 0.15) is 31.0 Å². The summed E-state index contributed by atoms with van der Waals surface area (Å²) < 4.78 is 0. The molecule has 0 aliphatic heterocycles. The van der Waals surface area contributed by atoms with Crippen molar-refractivity contribution in [1.29, 1.82) is 0 Å². The lowest BCUT2D eigenvalue weighted by molar-refractivity contribution is -0.659. The summed E-state index contributed by atoms with van der Waals surface area (Å²) in [6.45, 7) is 2.23. The zero-order valence-corrected chi connectivity index (χ0v) is 8.24. The highest BCUT2D eigenvalue weighted by Crippen LogP contribution is 2.03. The van der Waals surface area contributed by atoms with Gasteiger partial charge in [-0.15, -0.1) is 0 Å². The summed E-state index contributed by atoms with van der Waals surface area (Å²) in [5, 5.41) is 47.1. The minimum absolute atomic E-state index is 0.243. The Morgan fingerprint density at radius 1 is 1.00 bits per heavy atom. The van der Waals surface area contributed by atoms with E-state index in [1.807, 2.05) is 6.92 Å². The zero-order valence-electron chi connectivity index (χ0n) is 8.24. The van der Waals surface area contributed by atoms with Crippen LogP contribution >= 0.6 is 0 Å². The van der Waals surface area contributed by atoms with Crippen molar-refractivity contribution in [2.24, 2.45) is 0 Å². The second-order valence-electron chi connectivity index (χ2n) is 3.23. The van der Waals surface area contributed by atoms with Gasteiger partial charge >= 0.3 is 0 Å². The molecule has 0 spiro atoms. The third-order valence-electron chi connectivity index (χ3n) is 2.02. The zero-order chi connectivity index (χ0) is 11.1. The van der Waals surface area contributed by atoms with Gasteiger partial charge in [0.2, 0.25) is 0 Å². The van der Waals surface area contributed by atoms with Crippen molar-refractivity contribution in [3.05, 3.63) is 0 Å². The van der Waals surface area contributed by atoms with E-state index in [1.165, 1.54) is 0 Å². The molecule has 0 saturated carbocycles. The molecule has 0 fully saturated rings. The van der Waals surface area contributed by atoms with Crippen LogP contribution < -0.4 is 5.32 Å². The van der Waals surface area contributed by atoms with Crippen molar-refractivity contribution < 1.29 is 30.8 Å². The molecular weight excluding hydrogens is 190 g/mol. The van der Waals surface area contributed by atoms with E-state index in [2.05, 4.69) is 0 Å². The fourth-order valence-corrected chi connectivity index (χ4v) is 1.04. The molecule has 0 unspecified atom stereocenters. The summed E-state index contributed by atoms with van der Waals surface area (Å²) in [6.07, 6.45) is -5.52. The van der Waals surface area contributed by atoms with E-state index in [1.54, 1.807) is 5.32 Å². The van der Waals surface area contributed by atoms with Gasteiger partial charge in [-0.2, -0.15) is 0 Å². The first-order chi connectivity index (χ1) is 6.54. The Labute approximate surface area is 82.8 Å². The molecule has 0 rings (SSSR count). The maximum absolute atomic E-state index is 9.33. The van der Waals surface area contributed by atoms with Crippen molar-refractivity contribution in [3.63, 3.8) is 0 Å². The highest BCUT2D eigenvalue weighted by Gasteiger charge is 2.30. The molecule has 0 aromatic heterocycles. The average Bonchev–Trinajstić information content (AvgIpc) is 2.22. The van der Waals surface area contributed by atoms with Crippen LogP contribution in [0.4, 0.5) is 0 Å². The molecule has 6 nitrogen and oxygen atoms in total. The number of aliphatic hydroxyl groups excluding tert-OH is 5. The first kappa shape index (κ1) is 13.8. The van der Waals surface area contributed by atoms with Gasteiger partial charge in [0, 0.05) is 0 Å². The lowest BCUT2D eigenvalue weighted by Crippen LogP contribution is -2.86. The van der Waals surface area contributed by atoms with Crippen LogP contribution in [0.2, 0.25) is 0 Å². The number of likely N-dealkylation sites (N-methyl/N-ethyl adjacent to an activating group) is 1. The molecule has 0 aromatic rings. The van der Waals surface area contributed by atoms with Crippen molar-refractivity contribution in [3.8, 4) is 0 Å². The van der Waals surface area contributed by atoms with Crippen LogP contribution in [-0.4, -0.2) is 69.6 Å². The summed E-state index contributed by atoms with van der Waals surface area (Å²) in [6, 6.07) is 0. The molecule has 0 radical (unpaired) electrons. The maximum atomic E-state index is 9.33. The van der Waals surface area contributed by atoms with E-state index in [9.17, 15) is 15.3 Å². The molecular formula is C8H20NO5+. The van der Waals surface area contributed by atoms with Crippen LogP contribution in [0.1, 0.15) is 6.92 Å². The minimum Gasteiger partial charge on any atom is -0.394 e. The number of rotatable bonds is 7. The second-order valence-corrected chi connectivity index (χ2v) is 3.23. The normalized spacial score (nSPS) is 20.1. The van der Waals surface area contributed by atoms with E-state index in [-0.39, 0.29) is 6.54 Å². The largest absolute Gasteiger partial charge is 0.394 e. The van der Waals surface area contributed by atoms with Gasteiger partial charge in [0.05, 0.1) is 13.2 Å². The van der Waals surface area contributed by atoms with Crippen LogP contribution in [0.15, 0.2) is 0 Å². The molecule has 14 heavy (non-hydrogen) atoms. The van der Waals surface area contributed by atoms with Gasteiger partial charge in [0.25, 0.3) is 0 Å². The van der Waals surface area contributed by atoms with Crippen molar-refractivity contribution in [2.45, 2.75) is 31.3 Å². The van der Waals surface area contributed by atoms with Crippen LogP contribution in [0, 0.1) is 0 Å². The Hall–Kier alpha value is -0.240. The lowest BCUT2D eigenvalue weighted by Gasteiger charge is -2.24. The van der Waals surface area contributed by atoms with E-state index < -0.39 is 31.0 Å². The van der Waals surface area contributed by atoms with Gasteiger partial charge in [-0.05, 0) is 6.92 Å². The molecule has 0 heterocycles. The molecule has 0 aliphatic carbocycles. The summed E-state index contributed by atoms with van der Waals surface area (Å²) >= 11 is 0. The first-order valence-corrected chi connectivity index (χ1v) is 4.69. The van der Waals surface area contributed by atoms with E-state index >= 15 is 0 Å². The Morgan fingerprint density at radius 3 is 1.93 bits per heavy atom. The first-order valence-electron chi connectivity index (χ1n) is 4.69. The quantitative estimate of drug-likeness (QED) is 0.256. The molecule has 0 aliphatic rings. The minimum atomic E-state index is -1.53. The Bertz CT molecular complexity index is 146. The molecule has 86 valence electrons. The van der Waals surface area contributed by atoms with E-state index in [0.717, 1.165) is 6.54 Å². The number of quaternary nitrogens is 1. The third-order valence-corrected chi connectivity index (χ3v) is 2.02. The highest BCUT2D eigenvalue weighted by atomic mass is 16.4. The van der Waals surface area contributed by atoms with Crippen LogP contribution in [-0.2, 0) is 0 Å². The molecule has 0 bridgehead atoms. The van der Waals surface area contributed by atoms with Crippen molar-refractivity contribution in [1.82, 2.24) is 0 Å². The Balaban J connectivity index is 3.95. The fourth-order valence-electron chi connectivity index (χ4n) is 1.04. The summed E-state index contributed by atoms with van der Waals surface area (Å²) in [7, 11) is 0. The number of nitrogens with two attached hydrogens (primary N) is 1. The molecule has 0 aromatic carbocycles. The van der Waals surface area contributed by atoms with E-state index in [0.29, 0.717) is 0 Å². The number of hydrogen-bond donors (Lipinski definition) is 6. The maximum Gasteiger partial charge on any atom is 0.131 e. The molecule has 0 saturated heterocycles. The smallest absolute Gasteiger partial charge is 0.131 e. The SMILES string of the molecule is CC[NH2+]C[C@H](O)[C@@H](O)[C@H](O)[C@H](O)CO. The molecule has 4 atom stereocenters. The van der Waals surface area contributed by atoms with Gasteiger partial charge in [-0.25, -0.2) is 0 Å². The lowest BCUT2D eigenvalue weighted by atomic mass is 10.0. The predicted octanol–water partition coefficient (Wildman–Crippen LogP) is -3.99. The number of hydrogen-bond acceptors (Lipinski definition) is 5. The summed E-state index contributed by atoms with van der Waals surface area (Å²) in [5.41, 5.74) is 0. The Morgan fingerprint density at radius 2 is 1.50 bits per heavy atom. The molecule has 6 heteroatoms. The topological polar surface area (TPSA) is 118 Å². The molecule has 7 N–H and O–H groups in total. The van der Waals surface area contributed by atoms with Gasteiger partial charge in [-0.1, -0.05) is 0 Å². The third kappa shape index (κ3) is 4.32. The fraction of sp³-hybridized carbons (Fsp3) is 1.00. The van der Waals surface area contributed by atoms with Gasteiger partial charge in [0.15, 0.2) is 0 Å². The molecule has 0 amide bonds. The summed E-state index contributed by atoms with van der Waals surface area (Å²) in [4.78, 5) is 0.